The standard InChI is InChI=1S/C9H9N3O2S2/c13-8(14)5-16-9-10-7(11-12-9)4-6-2-1-3-15-6/h1-3H,4-5H2,(H,13,14)(H,10,11,12). The van der Waals surface area contributed by atoms with E-state index in [1.807, 2.05) is 17.5 Å². The van der Waals surface area contributed by atoms with Gasteiger partial charge < -0.3 is 5.11 Å². The topological polar surface area (TPSA) is 78.9 Å². The number of rotatable bonds is 5. The molecule has 2 rings (SSSR count). The maximum Gasteiger partial charge on any atom is 0.313 e. The van der Waals surface area contributed by atoms with Crippen molar-refractivity contribution in [2.45, 2.75) is 11.6 Å². The van der Waals surface area contributed by atoms with E-state index in [-0.39, 0.29) is 5.75 Å². The van der Waals surface area contributed by atoms with Gasteiger partial charge in [-0.05, 0) is 11.4 Å². The fraction of sp³-hybridized carbons (Fsp3) is 0.222. The number of H-pyrrole nitrogens is 1. The molecule has 5 nitrogen and oxygen atoms in total. The van der Waals surface area contributed by atoms with Crippen LogP contribution in [0.3, 0.4) is 0 Å². The van der Waals surface area contributed by atoms with Crippen molar-refractivity contribution in [3.05, 3.63) is 28.2 Å². The minimum Gasteiger partial charge on any atom is -0.481 e. The predicted octanol–water partition coefficient (Wildman–Crippen LogP) is 1.63. The number of nitrogens with one attached hydrogen (secondary N) is 1. The molecule has 0 unspecified atom stereocenters. The van der Waals surface area contributed by atoms with Crippen molar-refractivity contribution < 1.29 is 9.90 Å². The van der Waals surface area contributed by atoms with E-state index in [0.717, 1.165) is 17.6 Å². The number of hydrogen-bond donors (Lipinski definition) is 2. The van der Waals surface area contributed by atoms with Gasteiger partial charge in [-0.25, -0.2) is 4.98 Å². The van der Waals surface area contributed by atoms with Gasteiger partial charge in [-0.15, -0.1) is 16.4 Å². The third-order valence-electron chi connectivity index (χ3n) is 1.76. The van der Waals surface area contributed by atoms with E-state index in [2.05, 4.69) is 15.2 Å². The number of thiophene rings is 1. The first-order chi connectivity index (χ1) is 7.74. The number of thioether (sulfide) groups is 1. The molecule has 0 aliphatic heterocycles. The third kappa shape index (κ3) is 3.07. The highest BCUT2D eigenvalue weighted by atomic mass is 32.2. The quantitative estimate of drug-likeness (QED) is 0.794. The van der Waals surface area contributed by atoms with Crippen LogP contribution >= 0.6 is 23.1 Å². The molecule has 0 aliphatic rings. The largest absolute Gasteiger partial charge is 0.481 e. The molecule has 0 spiro atoms. The molecule has 0 fully saturated rings. The maximum atomic E-state index is 10.4. The van der Waals surface area contributed by atoms with Crippen molar-refractivity contribution in [1.29, 1.82) is 0 Å². The van der Waals surface area contributed by atoms with Crippen LogP contribution in [0.25, 0.3) is 0 Å². The molecular weight excluding hydrogens is 246 g/mol. The Kier molecular flexibility index (Phi) is 3.58. The molecule has 7 heteroatoms. The number of hydrogen-bond acceptors (Lipinski definition) is 5. The molecule has 0 saturated heterocycles. The zero-order chi connectivity index (χ0) is 11.4. The molecule has 0 radical (unpaired) electrons. The lowest BCUT2D eigenvalue weighted by molar-refractivity contribution is -0.133. The Bertz CT molecular complexity index is 467. The Hall–Kier alpha value is -1.34. The minimum absolute atomic E-state index is 0.0176. The normalized spacial score (nSPS) is 10.5. The van der Waals surface area contributed by atoms with Crippen LogP contribution in [0.5, 0.6) is 0 Å². The van der Waals surface area contributed by atoms with E-state index in [1.165, 1.54) is 4.88 Å². The Morgan fingerprint density at radius 2 is 2.50 bits per heavy atom. The van der Waals surface area contributed by atoms with E-state index >= 15 is 0 Å². The SMILES string of the molecule is O=C(O)CSc1n[nH]c(Cc2cccs2)n1. The summed E-state index contributed by atoms with van der Waals surface area (Å²) in [5.74, 6) is -0.124. The number of carboxylic acids is 1. The fourth-order valence-electron chi connectivity index (χ4n) is 1.13. The van der Waals surface area contributed by atoms with Crippen molar-refractivity contribution in [2.24, 2.45) is 0 Å². The summed E-state index contributed by atoms with van der Waals surface area (Å²) in [5, 5.41) is 17.7. The molecule has 2 N–H and O–H groups in total. The second-order valence-corrected chi connectivity index (χ2v) is 4.98. The molecule has 84 valence electrons. The summed E-state index contributed by atoms with van der Waals surface area (Å²) < 4.78 is 0. The first kappa shape index (κ1) is 11.2. The molecular formula is C9H9N3O2S2. The lowest BCUT2D eigenvalue weighted by Crippen LogP contribution is -1.97. The number of carbonyl (C=O) groups is 1. The average molecular weight is 255 g/mol. The molecule has 0 saturated carbocycles. The third-order valence-corrected chi connectivity index (χ3v) is 3.47. The monoisotopic (exact) mass is 255 g/mol. The number of carboxylic acid groups (broad SMARTS) is 1. The van der Waals surface area contributed by atoms with E-state index in [0.29, 0.717) is 11.6 Å². The zero-order valence-electron chi connectivity index (χ0n) is 8.21. The Morgan fingerprint density at radius 3 is 3.19 bits per heavy atom. The van der Waals surface area contributed by atoms with E-state index in [9.17, 15) is 4.79 Å². The van der Waals surface area contributed by atoms with Gasteiger partial charge in [0.25, 0.3) is 0 Å². The average Bonchev–Trinajstić information content (AvgIpc) is 2.87. The summed E-state index contributed by atoms with van der Waals surface area (Å²) >= 11 is 2.77. The van der Waals surface area contributed by atoms with Crippen molar-refractivity contribution in [3.8, 4) is 0 Å². The number of aromatic amines is 1. The molecule has 0 aromatic carbocycles. The van der Waals surface area contributed by atoms with E-state index < -0.39 is 5.97 Å². The summed E-state index contributed by atoms with van der Waals surface area (Å²) in [6.07, 6.45) is 0.707. The van der Waals surface area contributed by atoms with Crippen LogP contribution in [0, 0.1) is 0 Å². The lowest BCUT2D eigenvalue weighted by atomic mass is 10.3. The predicted molar refractivity (Wildman–Crippen MR) is 61.9 cm³/mol. The minimum atomic E-state index is -0.866. The highest BCUT2D eigenvalue weighted by molar-refractivity contribution is 7.99. The van der Waals surface area contributed by atoms with Crippen LogP contribution in [-0.2, 0) is 11.2 Å². The second kappa shape index (κ2) is 5.13. The van der Waals surface area contributed by atoms with Crippen molar-refractivity contribution in [1.82, 2.24) is 15.2 Å². The van der Waals surface area contributed by atoms with Gasteiger partial charge in [-0.2, -0.15) is 0 Å². The van der Waals surface area contributed by atoms with Gasteiger partial charge in [0.2, 0.25) is 5.16 Å². The smallest absolute Gasteiger partial charge is 0.313 e. The summed E-state index contributed by atoms with van der Waals surface area (Å²) in [6, 6.07) is 4.01. The molecule has 16 heavy (non-hydrogen) atoms. The first-order valence-electron chi connectivity index (χ1n) is 4.52. The summed E-state index contributed by atoms with van der Waals surface area (Å²) in [5.41, 5.74) is 0. The Labute approximate surface area is 99.9 Å². The van der Waals surface area contributed by atoms with Crippen LogP contribution in [0.2, 0.25) is 0 Å². The van der Waals surface area contributed by atoms with Gasteiger partial charge in [0.05, 0.1) is 5.75 Å². The van der Waals surface area contributed by atoms with Gasteiger partial charge in [-0.3, -0.25) is 9.89 Å². The Morgan fingerprint density at radius 1 is 1.62 bits per heavy atom. The van der Waals surface area contributed by atoms with Crippen LogP contribution in [0.4, 0.5) is 0 Å². The van der Waals surface area contributed by atoms with E-state index in [1.54, 1.807) is 11.3 Å². The molecule has 0 bridgehead atoms. The van der Waals surface area contributed by atoms with Gasteiger partial charge in [0.15, 0.2) is 0 Å². The van der Waals surface area contributed by atoms with Gasteiger partial charge in [0.1, 0.15) is 5.82 Å². The number of aromatic nitrogens is 3. The first-order valence-corrected chi connectivity index (χ1v) is 6.39. The molecule has 2 aromatic rings. The van der Waals surface area contributed by atoms with E-state index in [4.69, 9.17) is 5.11 Å². The maximum absolute atomic E-state index is 10.4. The molecule has 0 aliphatic carbocycles. The van der Waals surface area contributed by atoms with Gasteiger partial charge in [-0.1, -0.05) is 17.8 Å². The molecule has 2 aromatic heterocycles. The van der Waals surface area contributed by atoms with Crippen LogP contribution in [0.1, 0.15) is 10.7 Å². The number of aliphatic carboxylic acids is 1. The summed E-state index contributed by atoms with van der Waals surface area (Å²) in [4.78, 5) is 15.7. The summed E-state index contributed by atoms with van der Waals surface area (Å²) in [6.45, 7) is 0. The molecule has 2 heterocycles. The van der Waals surface area contributed by atoms with Gasteiger partial charge in [0, 0.05) is 11.3 Å². The summed E-state index contributed by atoms with van der Waals surface area (Å²) in [7, 11) is 0. The second-order valence-electron chi connectivity index (χ2n) is 3.00. The highest BCUT2D eigenvalue weighted by Crippen LogP contribution is 2.15. The fourth-order valence-corrected chi connectivity index (χ4v) is 2.37. The zero-order valence-corrected chi connectivity index (χ0v) is 9.85. The van der Waals surface area contributed by atoms with Crippen molar-refractivity contribution >= 4 is 29.1 Å². The molecule has 0 amide bonds. The van der Waals surface area contributed by atoms with Crippen molar-refractivity contribution in [3.63, 3.8) is 0 Å². The lowest BCUT2D eigenvalue weighted by Gasteiger charge is -1.90. The van der Waals surface area contributed by atoms with Crippen LogP contribution in [0.15, 0.2) is 22.7 Å². The Balaban J connectivity index is 1.94. The highest BCUT2D eigenvalue weighted by Gasteiger charge is 2.07. The number of nitrogens with zero attached hydrogens (tertiary/aromatic N) is 2. The van der Waals surface area contributed by atoms with Crippen LogP contribution < -0.4 is 0 Å². The van der Waals surface area contributed by atoms with Crippen molar-refractivity contribution in [2.75, 3.05) is 5.75 Å². The van der Waals surface area contributed by atoms with Gasteiger partial charge >= 0.3 is 5.97 Å². The van der Waals surface area contributed by atoms with Crippen LogP contribution in [-0.4, -0.2) is 32.0 Å². The molecule has 0 atom stereocenters.